The summed E-state index contributed by atoms with van der Waals surface area (Å²) in [4.78, 5) is 37.0. The lowest BCUT2D eigenvalue weighted by molar-refractivity contribution is -0.887. The molecule has 2 unspecified atom stereocenters. The number of unbranched alkanes of at least 4 members (excludes halogenated alkanes) is 18. The van der Waals surface area contributed by atoms with Crippen molar-refractivity contribution < 1.29 is 38.2 Å². The Morgan fingerprint density at radius 3 is 1.48 bits per heavy atom. The van der Waals surface area contributed by atoms with Gasteiger partial charge in [-0.05, 0) is 64.2 Å². The van der Waals surface area contributed by atoms with Crippen molar-refractivity contribution in [1.82, 2.24) is 0 Å². The van der Waals surface area contributed by atoms with Crippen molar-refractivity contribution in [3.63, 3.8) is 0 Å². The smallest absolute Gasteiger partial charge is 0.362 e. The minimum absolute atomic E-state index is 0.0515. The molecule has 0 radical (unpaired) electrons. The molecule has 0 amide bonds. The van der Waals surface area contributed by atoms with Gasteiger partial charge in [0, 0.05) is 19.3 Å². The Hall–Kier alpha value is -3.23. The average molecular weight is 841 g/mol. The maximum atomic E-state index is 12.8. The third kappa shape index (κ3) is 40.2. The number of carbonyl (C=O) groups excluding carboxylic acids is 2. The highest BCUT2D eigenvalue weighted by molar-refractivity contribution is 5.72. The summed E-state index contributed by atoms with van der Waals surface area (Å²) in [5, 5.41) is 9.63. The summed E-state index contributed by atoms with van der Waals surface area (Å²) in [7, 11) is 5.52. The van der Waals surface area contributed by atoms with Crippen LogP contribution in [0.25, 0.3) is 0 Å². The summed E-state index contributed by atoms with van der Waals surface area (Å²) in [5.74, 6) is -1.50. The van der Waals surface area contributed by atoms with Gasteiger partial charge in [-0.15, -0.1) is 0 Å². The van der Waals surface area contributed by atoms with Gasteiger partial charge in [-0.3, -0.25) is 9.59 Å². The number of esters is 2. The number of allylic oxidation sites excluding steroid dienone is 12. The number of hydrogen-bond donors (Lipinski definition) is 1. The number of likely N-dealkylation sites (N-methyl/N-ethyl adjacent to an activating group) is 1. The first-order valence-corrected chi connectivity index (χ1v) is 24.0. The second-order valence-electron chi connectivity index (χ2n) is 17.0. The zero-order chi connectivity index (χ0) is 44.2. The van der Waals surface area contributed by atoms with Gasteiger partial charge in [-0.2, -0.15) is 0 Å². The van der Waals surface area contributed by atoms with Gasteiger partial charge in [0.25, 0.3) is 0 Å². The topological polar surface area (TPSA) is 99.1 Å². The third-order valence-corrected chi connectivity index (χ3v) is 10.4. The fourth-order valence-corrected chi connectivity index (χ4v) is 6.75. The molecule has 0 aromatic heterocycles. The normalized spacial score (nSPS) is 13.6. The van der Waals surface area contributed by atoms with Crippen LogP contribution < -0.4 is 0 Å². The first-order valence-electron chi connectivity index (χ1n) is 24.0. The molecule has 0 bridgehead atoms. The van der Waals surface area contributed by atoms with Gasteiger partial charge < -0.3 is 23.8 Å². The molecule has 0 fully saturated rings. The number of nitrogens with zero attached hydrogens (tertiary/aromatic N) is 1. The maximum Gasteiger partial charge on any atom is 0.362 e. The number of rotatable bonds is 42. The Kier molecular flexibility index (Phi) is 40.2. The molecule has 0 saturated heterocycles. The van der Waals surface area contributed by atoms with Crippen LogP contribution in [-0.2, 0) is 28.6 Å². The van der Waals surface area contributed by atoms with Crippen LogP contribution in [0.4, 0.5) is 0 Å². The molecule has 8 heteroatoms. The molecule has 0 aromatic carbocycles. The maximum absolute atomic E-state index is 12.8. The SMILES string of the molecule is CC/C=C/C=C/C=C/CCCCCCCC(=O)OCC(COCCC(C(=O)O)[N+](C)(C)C)OC(=O)CCCCCCCCCCCCCCC/C=C/C/C=C/C/C=C/CC. The molecule has 60 heavy (non-hydrogen) atoms. The third-order valence-electron chi connectivity index (χ3n) is 10.4. The molecular formula is C52H90NO7+. The Morgan fingerprint density at radius 2 is 0.967 bits per heavy atom. The van der Waals surface area contributed by atoms with E-state index in [2.05, 4.69) is 80.7 Å². The highest BCUT2D eigenvalue weighted by Gasteiger charge is 2.31. The summed E-state index contributed by atoms with van der Waals surface area (Å²) in [6.07, 6.45) is 53.8. The van der Waals surface area contributed by atoms with Crippen LogP contribution in [0, 0.1) is 0 Å². The Morgan fingerprint density at radius 1 is 0.517 bits per heavy atom. The van der Waals surface area contributed by atoms with Crippen molar-refractivity contribution in [3.8, 4) is 0 Å². The number of carboxylic acids is 1. The summed E-state index contributed by atoms with van der Waals surface area (Å²) < 4.78 is 17.3. The first-order chi connectivity index (χ1) is 29.1. The zero-order valence-electron chi connectivity index (χ0n) is 39.1. The van der Waals surface area contributed by atoms with Gasteiger partial charge >= 0.3 is 17.9 Å². The molecule has 0 aliphatic heterocycles. The van der Waals surface area contributed by atoms with E-state index in [1.165, 1.54) is 70.6 Å². The summed E-state index contributed by atoms with van der Waals surface area (Å²) in [6.45, 7) is 4.47. The predicted molar refractivity (Wildman–Crippen MR) is 252 cm³/mol. The molecule has 0 aliphatic rings. The molecule has 0 spiro atoms. The van der Waals surface area contributed by atoms with E-state index in [9.17, 15) is 19.5 Å². The number of quaternary nitrogens is 1. The van der Waals surface area contributed by atoms with Crippen LogP contribution in [-0.4, -0.2) is 80.6 Å². The highest BCUT2D eigenvalue weighted by Crippen LogP contribution is 2.15. The van der Waals surface area contributed by atoms with Crippen LogP contribution in [0.2, 0.25) is 0 Å². The van der Waals surface area contributed by atoms with Gasteiger partial charge in [-0.1, -0.05) is 177 Å². The van der Waals surface area contributed by atoms with Crippen LogP contribution in [0.3, 0.4) is 0 Å². The molecule has 0 aliphatic carbocycles. The fraction of sp³-hybridized carbons (Fsp3) is 0.712. The van der Waals surface area contributed by atoms with Crippen molar-refractivity contribution in [2.75, 3.05) is 41.0 Å². The number of carbonyl (C=O) groups is 3. The van der Waals surface area contributed by atoms with Crippen molar-refractivity contribution >= 4 is 17.9 Å². The largest absolute Gasteiger partial charge is 0.477 e. The Bertz CT molecular complexity index is 1210. The number of hydrogen-bond acceptors (Lipinski definition) is 6. The standard InChI is InChI=1S/C52H89NO7/c1-6-8-10-12-14-16-18-20-21-22-23-24-25-26-27-28-29-31-33-35-37-39-41-43-51(55)60-48(46-58-45-44-49(52(56)57)53(3,4)5)47-59-50(54)42-40-38-36-34-32-30-19-17-15-13-11-9-7-2/h8-11,13-17,19-21,48-49H,6-7,12,18,22-47H2,1-5H3/p+1/b10-8+,11-9+,15-13+,16-14+,19-17+,21-20+. The quantitative estimate of drug-likeness (QED) is 0.0215. The predicted octanol–water partition coefficient (Wildman–Crippen LogP) is 13.5. The molecule has 0 saturated carbocycles. The van der Waals surface area contributed by atoms with Gasteiger partial charge in [0.1, 0.15) is 6.61 Å². The van der Waals surface area contributed by atoms with Crippen molar-refractivity contribution in [2.24, 2.45) is 0 Å². The van der Waals surface area contributed by atoms with E-state index in [1.807, 2.05) is 27.2 Å². The number of ether oxygens (including phenoxy) is 3. The fourth-order valence-electron chi connectivity index (χ4n) is 6.75. The van der Waals surface area contributed by atoms with E-state index >= 15 is 0 Å². The highest BCUT2D eigenvalue weighted by atomic mass is 16.6. The van der Waals surface area contributed by atoms with E-state index in [0.29, 0.717) is 19.3 Å². The van der Waals surface area contributed by atoms with E-state index in [0.717, 1.165) is 83.5 Å². The van der Waals surface area contributed by atoms with Crippen LogP contribution in [0.5, 0.6) is 0 Å². The zero-order valence-corrected chi connectivity index (χ0v) is 39.1. The Balaban J connectivity index is 4.24. The lowest BCUT2D eigenvalue weighted by Crippen LogP contribution is -2.50. The molecule has 1 N–H and O–H groups in total. The summed E-state index contributed by atoms with van der Waals surface area (Å²) >= 11 is 0. The van der Waals surface area contributed by atoms with E-state index in [-0.39, 0.29) is 36.2 Å². The molecule has 2 atom stereocenters. The van der Waals surface area contributed by atoms with E-state index in [1.54, 1.807) is 0 Å². The van der Waals surface area contributed by atoms with Crippen LogP contribution in [0.1, 0.15) is 187 Å². The van der Waals surface area contributed by atoms with Crippen LogP contribution in [0.15, 0.2) is 72.9 Å². The molecule has 8 nitrogen and oxygen atoms in total. The van der Waals surface area contributed by atoms with Gasteiger partial charge in [0.15, 0.2) is 12.1 Å². The average Bonchev–Trinajstić information content (AvgIpc) is 3.21. The summed E-state index contributed by atoms with van der Waals surface area (Å²) in [5.41, 5.74) is 0. The Labute approximate surface area is 368 Å². The number of carboxylic acid groups (broad SMARTS) is 1. The van der Waals surface area contributed by atoms with Crippen LogP contribution >= 0.6 is 0 Å². The lowest BCUT2D eigenvalue weighted by atomic mass is 10.0. The van der Waals surface area contributed by atoms with Gasteiger partial charge in [0.2, 0.25) is 0 Å². The van der Waals surface area contributed by atoms with Crippen molar-refractivity contribution in [1.29, 1.82) is 0 Å². The minimum Gasteiger partial charge on any atom is -0.477 e. The minimum atomic E-state index is -0.880. The second-order valence-corrected chi connectivity index (χ2v) is 17.0. The monoisotopic (exact) mass is 841 g/mol. The molecule has 344 valence electrons. The molecule has 0 heterocycles. The van der Waals surface area contributed by atoms with Crippen molar-refractivity contribution in [3.05, 3.63) is 72.9 Å². The number of aliphatic carboxylic acids is 1. The molecular weight excluding hydrogens is 751 g/mol. The van der Waals surface area contributed by atoms with E-state index in [4.69, 9.17) is 14.2 Å². The lowest BCUT2D eigenvalue weighted by Gasteiger charge is -2.31. The van der Waals surface area contributed by atoms with Crippen molar-refractivity contribution in [2.45, 2.75) is 199 Å². The molecule has 0 aromatic rings. The van der Waals surface area contributed by atoms with Gasteiger partial charge in [-0.25, -0.2) is 4.79 Å². The van der Waals surface area contributed by atoms with Gasteiger partial charge in [0.05, 0.1) is 34.4 Å². The summed E-state index contributed by atoms with van der Waals surface area (Å²) in [6, 6.07) is -0.621. The second kappa shape index (κ2) is 42.5. The molecule has 0 rings (SSSR count). The van der Waals surface area contributed by atoms with E-state index < -0.39 is 18.1 Å². The first kappa shape index (κ1) is 56.8.